The minimum Gasteiger partial charge on any atom is -0.478 e. The second-order valence-electron chi connectivity index (χ2n) is 5.02. The van der Waals surface area contributed by atoms with Crippen LogP contribution in [-0.2, 0) is 9.59 Å². The number of aromatic carboxylic acids is 1. The molecule has 0 fully saturated rings. The number of carbonyl (C=O) groups is 3. The molecule has 21 heavy (non-hydrogen) atoms. The van der Waals surface area contributed by atoms with Crippen LogP contribution in [0.15, 0.2) is 18.2 Å². The molecule has 0 heterocycles. The molecule has 0 atom stereocenters. The van der Waals surface area contributed by atoms with Crippen molar-refractivity contribution in [2.45, 2.75) is 26.2 Å². The first-order valence-corrected chi connectivity index (χ1v) is 6.65. The van der Waals surface area contributed by atoms with Gasteiger partial charge in [0.15, 0.2) is 0 Å². The molecule has 0 spiro atoms. The highest BCUT2D eigenvalue weighted by Crippen LogP contribution is 2.16. The zero-order valence-electron chi connectivity index (χ0n) is 12.5. The van der Waals surface area contributed by atoms with Gasteiger partial charge >= 0.3 is 5.97 Å². The number of amides is 2. The third kappa shape index (κ3) is 5.25. The number of carboxylic acid groups (broad SMARTS) is 1. The third-order valence-corrected chi connectivity index (χ3v) is 3.05. The first kappa shape index (κ1) is 16.7. The second-order valence-corrected chi connectivity index (χ2v) is 5.02. The van der Waals surface area contributed by atoms with Crippen molar-refractivity contribution in [1.82, 2.24) is 4.90 Å². The van der Waals surface area contributed by atoms with Gasteiger partial charge in [-0.15, -0.1) is 0 Å². The van der Waals surface area contributed by atoms with Gasteiger partial charge in [-0.05, 0) is 31.0 Å². The van der Waals surface area contributed by atoms with Gasteiger partial charge in [0.2, 0.25) is 11.8 Å². The Hall–Kier alpha value is -2.37. The molecule has 0 saturated heterocycles. The molecule has 0 saturated carbocycles. The predicted molar refractivity (Wildman–Crippen MR) is 79.3 cm³/mol. The maximum absolute atomic E-state index is 11.7. The van der Waals surface area contributed by atoms with E-state index in [2.05, 4.69) is 5.32 Å². The summed E-state index contributed by atoms with van der Waals surface area (Å²) in [6.07, 6.45) is 0.991. The zero-order valence-corrected chi connectivity index (χ0v) is 12.5. The summed E-state index contributed by atoms with van der Waals surface area (Å²) in [6.45, 7) is 1.70. The third-order valence-electron chi connectivity index (χ3n) is 3.05. The number of nitrogens with zero attached hydrogens (tertiary/aromatic N) is 1. The molecular weight excluding hydrogens is 272 g/mol. The van der Waals surface area contributed by atoms with Crippen LogP contribution in [0, 0.1) is 6.92 Å². The number of carbonyl (C=O) groups excluding carboxylic acids is 2. The fourth-order valence-corrected chi connectivity index (χ4v) is 1.78. The summed E-state index contributed by atoms with van der Waals surface area (Å²) in [5.41, 5.74) is 1.25. The summed E-state index contributed by atoms with van der Waals surface area (Å²) in [7, 11) is 3.34. The summed E-state index contributed by atoms with van der Waals surface area (Å²) in [4.78, 5) is 35.6. The molecule has 1 aromatic rings. The number of carboxylic acids is 1. The maximum Gasteiger partial charge on any atom is 0.336 e. The zero-order chi connectivity index (χ0) is 16.0. The van der Waals surface area contributed by atoms with E-state index in [1.807, 2.05) is 0 Å². The van der Waals surface area contributed by atoms with E-state index < -0.39 is 5.97 Å². The average molecular weight is 292 g/mol. The van der Waals surface area contributed by atoms with Crippen molar-refractivity contribution >= 4 is 23.5 Å². The van der Waals surface area contributed by atoms with Crippen LogP contribution < -0.4 is 5.32 Å². The van der Waals surface area contributed by atoms with Gasteiger partial charge in [0.1, 0.15) is 0 Å². The molecule has 0 unspecified atom stereocenters. The molecule has 0 bridgehead atoms. The Balaban J connectivity index is 2.54. The van der Waals surface area contributed by atoms with E-state index in [-0.39, 0.29) is 23.8 Å². The van der Waals surface area contributed by atoms with Crippen LogP contribution in [0.1, 0.15) is 35.2 Å². The molecule has 0 aromatic heterocycles. The number of benzene rings is 1. The van der Waals surface area contributed by atoms with Crippen molar-refractivity contribution in [2.75, 3.05) is 19.4 Å². The van der Waals surface area contributed by atoms with Crippen molar-refractivity contribution in [1.29, 1.82) is 0 Å². The summed E-state index contributed by atoms with van der Waals surface area (Å²) in [5.74, 6) is -1.28. The predicted octanol–water partition coefficient (Wildman–Crippen LogP) is 1.89. The molecule has 0 aliphatic heterocycles. The number of anilines is 1. The maximum atomic E-state index is 11.7. The fourth-order valence-electron chi connectivity index (χ4n) is 1.78. The molecule has 6 nitrogen and oxygen atoms in total. The Labute approximate surface area is 123 Å². The van der Waals surface area contributed by atoms with Gasteiger partial charge in [0, 0.05) is 32.6 Å². The summed E-state index contributed by atoms with van der Waals surface area (Å²) < 4.78 is 0. The number of hydrogen-bond donors (Lipinski definition) is 2. The molecule has 2 N–H and O–H groups in total. The van der Waals surface area contributed by atoms with E-state index >= 15 is 0 Å². The van der Waals surface area contributed by atoms with E-state index in [1.165, 1.54) is 11.0 Å². The van der Waals surface area contributed by atoms with Gasteiger partial charge in [-0.3, -0.25) is 9.59 Å². The molecule has 1 rings (SSSR count). The average Bonchev–Trinajstić information content (AvgIpc) is 2.40. The van der Waals surface area contributed by atoms with Gasteiger partial charge in [-0.2, -0.15) is 0 Å². The summed E-state index contributed by atoms with van der Waals surface area (Å²) >= 11 is 0. The van der Waals surface area contributed by atoms with Crippen molar-refractivity contribution in [2.24, 2.45) is 0 Å². The Morgan fingerprint density at radius 3 is 2.43 bits per heavy atom. The van der Waals surface area contributed by atoms with Gasteiger partial charge in [-0.25, -0.2) is 4.79 Å². The molecule has 2 amide bonds. The number of aryl methyl sites for hydroxylation is 1. The molecule has 0 aliphatic rings. The smallest absolute Gasteiger partial charge is 0.336 e. The largest absolute Gasteiger partial charge is 0.478 e. The van der Waals surface area contributed by atoms with Gasteiger partial charge < -0.3 is 15.3 Å². The lowest BCUT2D eigenvalue weighted by molar-refractivity contribution is -0.128. The molecule has 0 aliphatic carbocycles. The first-order valence-electron chi connectivity index (χ1n) is 6.65. The number of rotatable bonds is 6. The van der Waals surface area contributed by atoms with Crippen molar-refractivity contribution < 1.29 is 19.5 Å². The Morgan fingerprint density at radius 2 is 1.86 bits per heavy atom. The lowest BCUT2D eigenvalue weighted by Gasteiger charge is -2.10. The van der Waals surface area contributed by atoms with Crippen LogP contribution >= 0.6 is 0 Å². The van der Waals surface area contributed by atoms with E-state index in [0.717, 1.165) is 0 Å². The van der Waals surface area contributed by atoms with E-state index in [9.17, 15) is 14.4 Å². The highest BCUT2D eigenvalue weighted by atomic mass is 16.4. The monoisotopic (exact) mass is 292 g/mol. The molecule has 114 valence electrons. The summed E-state index contributed by atoms with van der Waals surface area (Å²) in [5, 5.41) is 11.7. The van der Waals surface area contributed by atoms with Crippen LogP contribution in [0.2, 0.25) is 0 Å². The van der Waals surface area contributed by atoms with Gasteiger partial charge in [0.25, 0.3) is 0 Å². The van der Waals surface area contributed by atoms with Crippen LogP contribution in [-0.4, -0.2) is 41.9 Å². The summed E-state index contributed by atoms with van der Waals surface area (Å²) in [6, 6.07) is 4.74. The molecule has 0 radical (unpaired) electrons. The van der Waals surface area contributed by atoms with Crippen LogP contribution in [0.5, 0.6) is 0 Å². The highest BCUT2D eigenvalue weighted by Gasteiger charge is 2.10. The quantitative estimate of drug-likeness (QED) is 0.838. The number of hydrogen-bond acceptors (Lipinski definition) is 3. The fraction of sp³-hybridized carbons (Fsp3) is 0.400. The van der Waals surface area contributed by atoms with E-state index in [1.54, 1.807) is 33.2 Å². The minimum absolute atomic E-state index is 0.0219. The SMILES string of the molecule is Cc1ccc(NC(=O)CCCC(=O)N(C)C)cc1C(=O)O. The first-order chi connectivity index (χ1) is 9.81. The topological polar surface area (TPSA) is 86.7 Å². The Kier molecular flexibility index (Phi) is 5.90. The van der Waals surface area contributed by atoms with E-state index in [0.29, 0.717) is 24.1 Å². The number of nitrogens with one attached hydrogen (secondary N) is 1. The molecular formula is C15H20N2O4. The molecule has 1 aromatic carbocycles. The second kappa shape index (κ2) is 7.42. The van der Waals surface area contributed by atoms with Gasteiger partial charge in [0.05, 0.1) is 5.56 Å². The van der Waals surface area contributed by atoms with Gasteiger partial charge in [-0.1, -0.05) is 6.07 Å². The lowest BCUT2D eigenvalue weighted by atomic mass is 10.1. The van der Waals surface area contributed by atoms with E-state index in [4.69, 9.17) is 5.11 Å². The Bertz CT molecular complexity index is 553. The standard InChI is InChI=1S/C15H20N2O4/c1-10-7-8-11(9-12(10)15(20)21)16-13(18)5-4-6-14(19)17(2)3/h7-9H,4-6H2,1-3H3,(H,16,18)(H,20,21). The minimum atomic E-state index is -1.03. The van der Waals surface area contributed by atoms with Crippen LogP contribution in [0.25, 0.3) is 0 Å². The van der Waals surface area contributed by atoms with Crippen LogP contribution in [0.3, 0.4) is 0 Å². The Morgan fingerprint density at radius 1 is 1.19 bits per heavy atom. The van der Waals surface area contributed by atoms with Crippen LogP contribution in [0.4, 0.5) is 5.69 Å². The van der Waals surface area contributed by atoms with Crippen molar-refractivity contribution in [3.05, 3.63) is 29.3 Å². The normalized spacial score (nSPS) is 10.0. The molecule has 6 heteroatoms. The van der Waals surface area contributed by atoms with Crippen molar-refractivity contribution in [3.63, 3.8) is 0 Å². The lowest BCUT2D eigenvalue weighted by Crippen LogP contribution is -2.21. The highest BCUT2D eigenvalue weighted by molar-refractivity contribution is 5.94. The van der Waals surface area contributed by atoms with Crippen molar-refractivity contribution in [3.8, 4) is 0 Å².